The first kappa shape index (κ1) is 17.0. The molecule has 0 unspecified atom stereocenters. The number of nitrogens with one attached hydrogen (secondary N) is 1. The summed E-state index contributed by atoms with van der Waals surface area (Å²) in [4.78, 5) is 11.6. The van der Waals surface area contributed by atoms with Gasteiger partial charge >= 0.3 is 6.18 Å². The van der Waals surface area contributed by atoms with Crippen LogP contribution in [0.15, 0.2) is 61.1 Å². The van der Waals surface area contributed by atoms with Gasteiger partial charge < -0.3 is 5.32 Å². The van der Waals surface area contributed by atoms with Crippen molar-refractivity contribution in [2.24, 2.45) is 0 Å². The summed E-state index contributed by atoms with van der Waals surface area (Å²) in [6.45, 7) is 0.269. The molecule has 3 heterocycles. The van der Waals surface area contributed by atoms with E-state index in [4.69, 9.17) is 0 Å². The molecule has 4 rings (SSSR count). The highest BCUT2D eigenvalue weighted by Gasteiger charge is 2.35. The first-order valence-electron chi connectivity index (χ1n) is 8.03. The molecule has 0 amide bonds. The molecule has 0 saturated carbocycles. The van der Waals surface area contributed by atoms with E-state index in [1.165, 1.54) is 6.07 Å². The van der Waals surface area contributed by atoms with Crippen LogP contribution >= 0.6 is 0 Å². The predicted octanol–water partition coefficient (Wildman–Crippen LogP) is 3.84. The van der Waals surface area contributed by atoms with E-state index in [9.17, 15) is 13.2 Å². The van der Waals surface area contributed by atoms with Crippen molar-refractivity contribution in [3.8, 4) is 5.82 Å². The third kappa shape index (κ3) is 3.57. The Morgan fingerprint density at radius 3 is 2.56 bits per heavy atom. The summed E-state index contributed by atoms with van der Waals surface area (Å²) in [6, 6.07) is 12.0. The maximum absolute atomic E-state index is 13.1. The summed E-state index contributed by atoms with van der Waals surface area (Å²) in [7, 11) is 0. The summed E-state index contributed by atoms with van der Waals surface area (Å²) in [5, 5.41) is 7.57. The number of pyridine rings is 1. The molecule has 0 aliphatic rings. The number of hydrogen-bond acceptors (Lipinski definition) is 5. The van der Waals surface area contributed by atoms with Gasteiger partial charge in [0.1, 0.15) is 5.82 Å². The molecule has 0 fully saturated rings. The number of anilines is 1. The van der Waals surface area contributed by atoms with Crippen LogP contribution in [0, 0.1) is 0 Å². The van der Waals surface area contributed by atoms with E-state index in [1.807, 2.05) is 6.07 Å². The van der Waals surface area contributed by atoms with E-state index < -0.39 is 12.0 Å². The van der Waals surface area contributed by atoms with Gasteiger partial charge in [0.15, 0.2) is 5.82 Å². The Bertz CT molecular complexity index is 1060. The van der Waals surface area contributed by atoms with E-state index >= 15 is 0 Å². The summed E-state index contributed by atoms with van der Waals surface area (Å²) in [5.41, 5.74) is 1.02. The average Bonchev–Trinajstić information content (AvgIpc) is 3.20. The first-order valence-corrected chi connectivity index (χ1v) is 8.03. The van der Waals surface area contributed by atoms with Crippen LogP contribution in [0.1, 0.15) is 11.4 Å². The zero-order valence-corrected chi connectivity index (χ0v) is 13.9. The monoisotopic (exact) mass is 370 g/mol. The number of rotatable bonds is 4. The predicted molar refractivity (Wildman–Crippen MR) is 93.2 cm³/mol. The van der Waals surface area contributed by atoms with Crippen molar-refractivity contribution in [3.05, 3.63) is 72.4 Å². The Morgan fingerprint density at radius 1 is 1.00 bits per heavy atom. The van der Waals surface area contributed by atoms with Gasteiger partial charge in [-0.15, -0.1) is 0 Å². The molecule has 0 atom stereocenters. The van der Waals surface area contributed by atoms with E-state index in [0.717, 1.165) is 5.56 Å². The van der Waals surface area contributed by atoms with Crippen LogP contribution in [0.25, 0.3) is 16.7 Å². The van der Waals surface area contributed by atoms with E-state index in [0.29, 0.717) is 11.2 Å². The van der Waals surface area contributed by atoms with E-state index in [-0.39, 0.29) is 17.9 Å². The lowest BCUT2D eigenvalue weighted by Crippen LogP contribution is -2.13. The quantitative estimate of drug-likeness (QED) is 0.591. The standard InChI is InChI=1S/C18H13F3N6/c19-18(20,21)17-25-14-5-2-1-4-13(14)16(26-17)23-11-12-6-7-15(22-10-12)27-9-3-8-24-27/h1-10H,11H2,(H,23,25,26). The van der Waals surface area contributed by atoms with Crippen molar-refractivity contribution in [3.63, 3.8) is 0 Å². The van der Waals surface area contributed by atoms with Gasteiger partial charge in [-0.2, -0.15) is 18.3 Å². The molecule has 0 bridgehead atoms. The van der Waals surface area contributed by atoms with E-state index in [1.54, 1.807) is 53.6 Å². The first-order chi connectivity index (χ1) is 13.0. The van der Waals surface area contributed by atoms with Gasteiger partial charge in [-0.1, -0.05) is 18.2 Å². The second-order valence-electron chi connectivity index (χ2n) is 5.74. The normalized spacial score (nSPS) is 11.7. The minimum atomic E-state index is -4.62. The zero-order chi connectivity index (χ0) is 18.9. The Hall–Kier alpha value is -3.49. The molecule has 6 nitrogen and oxygen atoms in total. The van der Waals surface area contributed by atoms with Crippen molar-refractivity contribution in [1.82, 2.24) is 24.7 Å². The van der Waals surface area contributed by atoms with Crippen molar-refractivity contribution in [2.75, 3.05) is 5.32 Å². The van der Waals surface area contributed by atoms with Crippen LogP contribution < -0.4 is 5.32 Å². The lowest BCUT2D eigenvalue weighted by atomic mass is 10.2. The van der Waals surface area contributed by atoms with Crippen molar-refractivity contribution < 1.29 is 13.2 Å². The zero-order valence-electron chi connectivity index (χ0n) is 13.9. The van der Waals surface area contributed by atoms with Crippen molar-refractivity contribution in [1.29, 1.82) is 0 Å². The van der Waals surface area contributed by atoms with Crippen LogP contribution in [-0.2, 0) is 12.7 Å². The van der Waals surface area contributed by atoms with Gasteiger partial charge in [-0.25, -0.2) is 19.6 Å². The molecule has 4 aromatic rings. The van der Waals surface area contributed by atoms with Crippen LogP contribution in [-0.4, -0.2) is 24.7 Å². The summed E-state index contributed by atoms with van der Waals surface area (Å²) >= 11 is 0. The number of halogens is 3. The minimum Gasteiger partial charge on any atom is -0.365 e. The summed E-state index contributed by atoms with van der Waals surface area (Å²) < 4.78 is 40.8. The van der Waals surface area contributed by atoms with Gasteiger partial charge in [0.25, 0.3) is 0 Å². The largest absolute Gasteiger partial charge is 0.451 e. The number of hydrogen-bond donors (Lipinski definition) is 1. The Balaban J connectivity index is 1.60. The third-order valence-electron chi connectivity index (χ3n) is 3.86. The van der Waals surface area contributed by atoms with E-state index in [2.05, 4.69) is 25.4 Å². The Morgan fingerprint density at radius 2 is 1.85 bits per heavy atom. The maximum atomic E-state index is 13.1. The van der Waals surface area contributed by atoms with Gasteiger partial charge in [0.05, 0.1) is 5.52 Å². The Labute approximate surface area is 151 Å². The van der Waals surface area contributed by atoms with Crippen LogP contribution in [0.2, 0.25) is 0 Å². The summed E-state index contributed by atoms with van der Waals surface area (Å²) in [6.07, 6.45) is 0.438. The SMILES string of the molecule is FC(F)(F)c1nc(NCc2ccc(-n3cccn3)nc2)c2ccccc2n1. The number of benzene rings is 1. The van der Waals surface area contributed by atoms with Crippen molar-refractivity contribution >= 4 is 16.7 Å². The lowest BCUT2D eigenvalue weighted by molar-refractivity contribution is -0.144. The molecule has 1 aromatic carbocycles. The topological polar surface area (TPSA) is 68.5 Å². The fraction of sp³-hybridized carbons (Fsp3) is 0.111. The highest BCUT2D eigenvalue weighted by molar-refractivity contribution is 5.89. The third-order valence-corrected chi connectivity index (χ3v) is 3.86. The Kier molecular flexibility index (Phi) is 4.19. The number of nitrogens with zero attached hydrogens (tertiary/aromatic N) is 5. The molecule has 9 heteroatoms. The number of fused-ring (bicyclic) bond motifs is 1. The van der Waals surface area contributed by atoms with Gasteiger partial charge in [-0.05, 0) is 29.8 Å². The van der Waals surface area contributed by atoms with Crippen LogP contribution in [0.3, 0.4) is 0 Å². The molecule has 0 saturated heterocycles. The second kappa shape index (κ2) is 6.67. The summed E-state index contributed by atoms with van der Waals surface area (Å²) in [5.74, 6) is -0.393. The molecule has 3 aromatic heterocycles. The molecule has 0 spiro atoms. The molecule has 1 N–H and O–H groups in total. The number of alkyl halides is 3. The maximum Gasteiger partial charge on any atom is 0.451 e. The minimum absolute atomic E-state index is 0.129. The van der Waals surface area contributed by atoms with Crippen LogP contribution in [0.4, 0.5) is 19.0 Å². The number of para-hydroxylation sites is 1. The van der Waals surface area contributed by atoms with Gasteiger partial charge in [0.2, 0.25) is 5.82 Å². The highest BCUT2D eigenvalue weighted by Crippen LogP contribution is 2.30. The van der Waals surface area contributed by atoms with Gasteiger partial charge in [-0.3, -0.25) is 0 Å². The molecular formula is C18H13F3N6. The highest BCUT2D eigenvalue weighted by atomic mass is 19.4. The van der Waals surface area contributed by atoms with Crippen molar-refractivity contribution in [2.45, 2.75) is 12.7 Å². The molecule has 0 radical (unpaired) electrons. The van der Waals surface area contributed by atoms with Gasteiger partial charge in [0, 0.05) is 30.5 Å². The average molecular weight is 370 g/mol. The molecular weight excluding hydrogens is 357 g/mol. The fourth-order valence-electron chi connectivity index (χ4n) is 2.59. The molecule has 136 valence electrons. The number of aromatic nitrogens is 5. The molecule has 0 aliphatic heterocycles. The fourth-order valence-corrected chi connectivity index (χ4v) is 2.59. The second-order valence-corrected chi connectivity index (χ2v) is 5.74. The van der Waals surface area contributed by atoms with Crippen LogP contribution in [0.5, 0.6) is 0 Å². The lowest BCUT2D eigenvalue weighted by Gasteiger charge is -2.12. The molecule has 27 heavy (non-hydrogen) atoms. The molecule has 0 aliphatic carbocycles. The smallest absolute Gasteiger partial charge is 0.365 e.